The summed E-state index contributed by atoms with van der Waals surface area (Å²) in [7, 11) is 2.14. The van der Waals surface area contributed by atoms with Crippen molar-refractivity contribution >= 4 is 0 Å². The molecule has 2 saturated heterocycles. The predicted octanol–water partition coefficient (Wildman–Crippen LogP) is 0.854. The Morgan fingerprint density at radius 2 is 1.59 bits per heavy atom. The number of aliphatic hydroxyl groups excluding tert-OH is 4. The van der Waals surface area contributed by atoms with Crippen LogP contribution < -0.4 is 0 Å². The molecular formula is C28H29NO5. The molecule has 1 unspecified atom stereocenters. The first-order chi connectivity index (χ1) is 16.4. The van der Waals surface area contributed by atoms with Gasteiger partial charge in [-0.15, -0.1) is 6.42 Å². The summed E-state index contributed by atoms with van der Waals surface area (Å²) >= 11 is 0. The van der Waals surface area contributed by atoms with Crippen LogP contribution in [-0.2, 0) is 10.2 Å². The van der Waals surface area contributed by atoms with Crippen molar-refractivity contribution in [2.24, 2.45) is 0 Å². The van der Waals surface area contributed by atoms with E-state index in [9.17, 15) is 20.4 Å². The number of terminal acetylenes is 1. The molecule has 0 bridgehead atoms. The van der Waals surface area contributed by atoms with Gasteiger partial charge in [0, 0.05) is 16.5 Å². The Balaban J connectivity index is 1.52. The van der Waals surface area contributed by atoms with Crippen molar-refractivity contribution in [1.29, 1.82) is 0 Å². The fourth-order valence-corrected chi connectivity index (χ4v) is 5.58. The van der Waals surface area contributed by atoms with E-state index >= 15 is 0 Å². The number of rotatable bonds is 1. The van der Waals surface area contributed by atoms with Crippen molar-refractivity contribution in [1.82, 2.24) is 4.90 Å². The summed E-state index contributed by atoms with van der Waals surface area (Å²) in [5.74, 6) is 8.75. The van der Waals surface area contributed by atoms with Crippen LogP contribution in [0.2, 0.25) is 0 Å². The third kappa shape index (κ3) is 3.65. The lowest BCUT2D eigenvalue weighted by Crippen LogP contribution is -2.58. The number of nitrogens with zero attached hydrogens (tertiary/aromatic N) is 1. The first kappa shape index (κ1) is 23.1. The molecule has 5 rings (SSSR count). The molecular weight excluding hydrogens is 430 g/mol. The Hall–Kier alpha value is -2.68. The van der Waals surface area contributed by atoms with E-state index in [1.54, 1.807) is 0 Å². The molecule has 6 heteroatoms. The molecule has 2 heterocycles. The summed E-state index contributed by atoms with van der Waals surface area (Å²) in [5, 5.41) is 39.8. The Kier molecular flexibility index (Phi) is 6.00. The van der Waals surface area contributed by atoms with Gasteiger partial charge in [0.05, 0.1) is 6.61 Å². The number of benzene rings is 2. The lowest BCUT2D eigenvalue weighted by Gasteiger charge is -2.39. The Bertz CT molecular complexity index is 1200. The summed E-state index contributed by atoms with van der Waals surface area (Å²) in [6, 6.07) is 12.4. The number of likely N-dealkylation sites (tertiary alicyclic amines) is 1. The topological polar surface area (TPSA) is 93.4 Å². The third-order valence-corrected chi connectivity index (χ3v) is 7.62. The van der Waals surface area contributed by atoms with Gasteiger partial charge in [-0.25, -0.2) is 0 Å². The fraction of sp³-hybridized carbons (Fsp3) is 0.429. The van der Waals surface area contributed by atoms with E-state index in [1.807, 2.05) is 12.1 Å². The SMILES string of the molecule is C#Cc1ccc2c(c1)C1(CCN(C)CC1)c1cc(C#CC3O[C@H](CO)[C@@H](O)[C@H](O)[C@@H]3O)ccc1-2. The number of hydrogen-bond acceptors (Lipinski definition) is 6. The van der Waals surface area contributed by atoms with Crippen LogP contribution in [0.25, 0.3) is 11.1 Å². The molecule has 5 atom stereocenters. The Labute approximate surface area is 199 Å². The predicted molar refractivity (Wildman–Crippen MR) is 128 cm³/mol. The number of aliphatic hydroxyl groups is 4. The van der Waals surface area contributed by atoms with E-state index in [4.69, 9.17) is 11.2 Å². The second-order valence-electron chi connectivity index (χ2n) is 9.57. The zero-order valence-electron chi connectivity index (χ0n) is 19.1. The van der Waals surface area contributed by atoms with Crippen LogP contribution in [-0.4, -0.2) is 82.6 Å². The van der Waals surface area contributed by atoms with Crippen molar-refractivity contribution in [2.75, 3.05) is 26.7 Å². The highest BCUT2D eigenvalue weighted by atomic mass is 16.5. The van der Waals surface area contributed by atoms with Gasteiger partial charge in [0.15, 0.2) is 0 Å². The van der Waals surface area contributed by atoms with Gasteiger partial charge in [-0.1, -0.05) is 29.9 Å². The van der Waals surface area contributed by atoms with Crippen LogP contribution >= 0.6 is 0 Å². The Morgan fingerprint density at radius 3 is 2.21 bits per heavy atom. The first-order valence-electron chi connectivity index (χ1n) is 11.6. The van der Waals surface area contributed by atoms with Crippen molar-refractivity contribution in [2.45, 2.75) is 48.8 Å². The van der Waals surface area contributed by atoms with E-state index in [2.05, 4.69) is 54.0 Å². The molecule has 176 valence electrons. The van der Waals surface area contributed by atoms with Gasteiger partial charge < -0.3 is 30.1 Å². The van der Waals surface area contributed by atoms with Crippen LogP contribution in [0.4, 0.5) is 0 Å². The van der Waals surface area contributed by atoms with Crippen molar-refractivity contribution in [3.05, 3.63) is 58.7 Å². The largest absolute Gasteiger partial charge is 0.394 e. The second-order valence-corrected chi connectivity index (χ2v) is 9.57. The molecule has 2 aromatic carbocycles. The molecule has 0 radical (unpaired) electrons. The molecule has 0 saturated carbocycles. The molecule has 0 aromatic heterocycles. The van der Waals surface area contributed by atoms with E-state index in [1.165, 1.54) is 22.3 Å². The van der Waals surface area contributed by atoms with Crippen LogP contribution in [0.1, 0.15) is 35.1 Å². The standard InChI is InChI=1S/C28H29NO5/c1-3-17-4-7-19-20-8-5-18(6-9-23-25(31)27(33)26(32)24(16-30)34-23)15-22(20)28(21(19)14-17)10-12-29(2)13-11-28/h1,4-5,7-8,14-15,23-27,30-33H,10-13,16H2,2H3/t23?,24-,25-,26-,27-/m1/s1. The highest BCUT2D eigenvalue weighted by Crippen LogP contribution is 2.54. The number of piperidine rings is 1. The minimum absolute atomic E-state index is 0.120. The van der Waals surface area contributed by atoms with Crippen molar-refractivity contribution < 1.29 is 25.2 Å². The quantitative estimate of drug-likeness (QED) is 0.473. The number of fused-ring (bicyclic) bond motifs is 5. The normalized spacial score (nSPS) is 29.6. The number of ether oxygens (including phenoxy) is 1. The zero-order chi connectivity index (χ0) is 24.0. The van der Waals surface area contributed by atoms with Gasteiger partial charge >= 0.3 is 0 Å². The van der Waals surface area contributed by atoms with Gasteiger partial charge in [0.25, 0.3) is 0 Å². The highest BCUT2D eigenvalue weighted by Gasteiger charge is 2.45. The average Bonchev–Trinajstić information content (AvgIpc) is 3.12. The van der Waals surface area contributed by atoms with Gasteiger partial charge in [-0.2, -0.15) is 0 Å². The Morgan fingerprint density at radius 1 is 0.971 bits per heavy atom. The van der Waals surface area contributed by atoms with Gasteiger partial charge in [-0.3, -0.25) is 0 Å². The first-order valence-corrected chi connectivity index (χ1v) is 11.6. The van der Waals surface area contributed by atoms with E-state index in [-0.39, 0.29) is 5.41 Å². The van der Waals surface area contributed by atoms with Crippen LogP contribution in [0.15, 0.2) is 36.4 Å². The number of hydrogen-bond donors (Lipinski definition) is 4. The molecule has 1 aliphatic carbocycles. The molecule has 1 spiro atoms. The molecule has 6 nitrogen and oxygen atoms in total. The van der Waals surface area contributed by atoms with Crippen LogP contribution in [0.3, 0.4) is 0 Å². The maximum Gasteiger partial charge on any atom is 0.147 e. The van der Waals surface area contributed by atoms with E-state index < -0.39 is 37.1 Å². The summed E-state index contributed by atoms with van der Waals surface area (Å²) in [6.45, 7) is 1.50. The molecule has 2 aliphatic heterocycles. The summed E-state index contributed by atoms with van der Waals surface area (Å²) in [6.07, 6.45) is 1.50. The molecule has 2 aromatic rings. The smallest absolute Gasteiger partial charge is 0.147 e. The summed E-state index contributed by atoms with van der Waals surface area (Å²) in [5.41, 5.74) is 6.47. The monoisotopic (exact) mass is 459 g/mol. The van der Waals surface area contributed by atoms with Crippen LogP contribution in [0.5, 0.6) is 0 Å². The molecule has 2 fully saturated rings. The van der Waals surface area contributed by atoms with Gasteiger partial charge in [0.1, 0.15) is 30.5 Å². The minimum Gasteiger partial charge on any atom is -0.394 e. The van der Waals surface area contributed by atoms with Crippen molar-refractivity contribution in [3.63, 3.8) is 0 Å². The zero-order valence-corrected chi connectivity index (χ0v) is 19.1. The van der Waals surface area contributed by atoms with E-state index in [0.717, 1.165) is 37.1 Å². The van der Waals surface area contributed by atoms with Gasteiger partial charge in [0.2, 0.25) is 0 Å². The second kappa shape index (κ2) is 8.83. The van der Waals surface area contributed by atoms with E-state index in [0.29, 0.717) is 0 Å². The summed E-state index contributed by atoms with van der Waals surface area (Å²) < 4.78 is 5.53. The van der Waals surface area contributed by atoms with Crippen LogP contribution in [0, 0.1) is 24.2 Å². The lowest BCUT2D eigenvalue weighted by molar-refractivity contribution is -0.214. The molecule has 34 heavy (non-hydrogen) atoms. The molecule has 3 aliphatic rings. The third-order valence-electron chi connectivity index (χ3n) is 7.62. The molecule has 4 N–H and O–H groups in total. The summed E-state index contributed by atoms with van der Waals surface area (Å²) in [4.78, 5) is 2.34. The van der Waals surface area contributed by atoms with Crippen molar-refractivity contribution in [3.8, 4) is 35.3 Å². The average molecular weight is 460 g/mol. The van der Waals surface area contributed by atoms with Gasteiger partial charge in [-0.05, 0) is 79.5 Å². The molecule has 0 amide bonds. The maximum atomic E-state index is 10.3. The maximum absolute atomic E-state index is 10.3. The fourth-order valence-electron chi connectivity index (χ4n) is 5.58. The lowest BCUT2D eigenvalue weighted by atomic mass is 9.70. The highest BCUT2D eigenvalue weighted by molar-refractivity contribution is 5.82. The minimum atomic E-state index is -1.44.